The summed E-state index contributed by atoms with van der Waals surface area (Å²) in [6, 6.07) is 13.3. The predicted molar refractivity (Wildman–Crippen MR) is 86.9 cm³/mol. The average molecular weight is 328 g/mol. The fourth-order valence-corrected chi connectivity index (χ4v) is 3.09. The van der Waals surface area contributed by atoms with Crippen LogP contribution in [0.4, 0.5) is 5.69 Å². The number of nitrogens with zero attached hydrogens (tertiary/aromatic N) is 3. The number of nitrogens with one attached hydrogen (secondary N) is 1. The minimum atomic E-state index is -0.542. The number of amides is 1. The number of fused-ring (bicyclic) bond motifs is 1. The molecule has 0 aliphatic rings. The van der Waals surface area contributed by atoms with Crippen molar-refractivity contribution in [3.63, 3.8) is 0 Å². The van der Waals surface area contributed by atoms with Crippen molar-refractivity contribution in [1.29, 1.82) is 0 Å². The van der Waals surface area contributed by atoms with Crippen LogP contribution in [0.5, 0.6) is 0 Å². The molecular formula is C15H12N4O3S. The highest BCUT2D eigenvalue weighted by Crippen LogP contribution is 2.15. The van der Waals surface area contributed by atoms with Crippen LogP contribution in [0.3, 0.4) is 0 Å². The van der Waals surface area contributed by atoms with Gasteiger partial charge in [-0.2, -0.15) is 0 Å². The maximum Gasteiger partial charge on any atom is 0.271 e. The number of thiazole rings is 1. The van der Waals surface area contributed by atoms with Crippen LogP contribution in [-0.4, -0.2) is 15.4 Å². The summed E-state index contributed by atoms with van der Waals surface area (Å²) in [5.41, 5.74) is 3.50. The first-order valence-corrected chi connectivity index (χ1v) is 7.51. The number of rotatable bonds is 3. The zero-order valence-corrected chi connectivity index (χ0v) is 12.9. The lowest BCUT2D eigenvalue weighted by atomic mass is 10.2. The highest BCUT2D eigenvalue weighted by molar-refractivity contribution is 7.16. The molecule has 8 heteroatoms. The van der Waals surface area contributed by atoms with Crippen LogP contribution in [0.25, 0.3) is 10.2 Å². The number of nitro benzene ring substituents is 1. The van der Waals surface area contributed by atoms with E-state index in [1.165, 1.54) is 35.6 Å². The molecule has 3 aromatic rings. The smallest absolute Gasteiger partial charge is 0.271 e. The summed E-state index contributed by atoms with van der Waals surface area (Å²) in [7, 11) is 1.86. The normalized spacial score (nSPS) is 11.6. The molecule has 116 valence electrons. The molecule has 23 heavy (non-hydrogen) atoms. The van der Waals surface area contributed by atoms with Gasteiger partial charge in [-0.05, 0) is 18.2 Å². The Balaban J connectivity index is 1.89. The Bertz CT molecular complexity index is 974. The topological polar surface area (TPSA) is 89.5 Å². The van der Waals surface area contributed by atoms with Gasteiger partial charge in [-0.25, -0.2) is 5.43 Å². The van der Waals surface area contributed by atoms with E-state index in [1.54, 1.807) is 0 Å². The van der Waals surface area contributed by atoms with Crippen LogP contribution in [0.15, 0.2) is 53.6 Å². The molecule has 0 radical (unpaired) electrons. The van der Waals surface area contributed by atoms with E-state index in [0.29, 0.717) is 4.80 Å². The van der Waals surface area contributed by atoms with Crippen LogP contribution in [0, 0.1) is 10.1 Å². The van der Waals surface area contributed by atoms with Gasteiger partial charge in [0.05, 0.1) is 15.1 Å². The Kier molecular flexibility index (Phi) is 3.90. The SMILES string of the molecule is Cn1c(=NNC(=O)c2cccc([N+](=O)[O-])c2)sc2ccccc21. The zero-order valence-electron chi connectivity index (χ0n) is 12.1. The summed E-state index contributed by atoms with van der Waals surface area (Å²) in [6.45, 7) is 0. The number of aryl methyl sites for hydroxylation is 1. The lowest BCUT2D eigenvalue weighted by Gasteiger charge is -1.99. The van der Waals surface area contributed by atoms with Gasteiger partial charge < -0.3 is 4.57 Å². The molecule has 0 fully saturated rings. The molecule has 2 aromatic carbocycles. The second-order valence-electron chi connectivity index (χ2n) is 4.77. The molecule has 1 heterocycles. The van der Waals surface area contributed by atoms with Gasteiger partial charge in [-0.3, -0.25) is 14.9 Å². The van der Waals surface area contributed by atoms with Crippen LogP contribution in [0.1, 0.15) is 10.4 Å². The fraction of sp³-hybridized carbons (Fsp3) is 0.0667. The number of hydrogen-bond donors (Lipinski definition) is 1. The van der Waals surface area contributed by atoms with Crippen molar-refractivity contribution in [3.8, 4) is 0 Å². The Morgan fingerprint density at radius 2 is 2.04 bits per heavy atom. The number of carbonyl (C=O) groups excluding carboxylic acids is 1. The molecule has 1 amide bonds. The molecule has 0 spiro atoms. The standard InChI is InChI=1S/C15H12N4O3S/c1-18-12-7-2-3-8-13(12)23-15(18)17-16-14(20)10-5-4-6-11(9-10)19(21)22/h2-9H,1H3,(H,16,20). The van der Waals surface area contributed by atoms with Gasteiger partial charge in [0.2, 0.25) is 4.80 Å². The highest BCUT2D eigenvalue weighted by Gasteiger charge is 2.11. The molecule has 1 N–H and O–H groups in total. The number of benzene rings is 2. The van der Waals surface area contributed by atoms with Crippen molar-refractivity contribution in [2.24, 2.45) is 12.1 Å². The van der Waals surface area contributed by atoms with Gasteiger partial charge >= 0.3 is 0 Å². The number of para-hydroxylation sites is 1. The number of nitro groups is 1. The van der Waals surface area contributed by atoms with Gasteiger partial charge in [0.15, 0.2) is 0 Å². The molecule has 0 bridgehead atoms. The monoisotopic (exact) mass is 328 g/mol. The maximum absolute atomic E-state index is 12.1. The molecule has 0 saturated heterocycles. The van der Waals surface area contributed by atoms with E-state index >= 15 is 0 Å². The number of carbonyl (C=O) groups is 1. The molecule has 1 aromatic heterocycles. The first-order chi connectivity index (χ1) is 11.1. The number of non-ortho nitro benzene ring substituents is 1. The molecule has 0 unspecified atom stereocenters. The second-order valence-corrected chi connectivity index (χ2v) is 5.78. The number of hydrogen-bond acceptors (Lipinski definition) is 5. The lowest BCUT2D eigenvalue weighted by Crippen LogP contribution is -2.23. The van der Waals surface area contributed by atoms with Crippen LogP contribution in [-0.2, 0) is 7.05 Å². The third kappa shape index (κ3) is 2.97. The van der Waals surface area contributed by atoms with Gasteiger partial charge in [0.1, 0.15) is 0 Å². The average Bonchev–Trinajstić information content (AvgIpc) is 2.89. The van der Waals surface area contributed by atoms with E-state index < -0.39 is 10.8 Å². The summed E-state index contributed by atoms with van der Waals surface area (Å²) in [5.74, 6) is -0.494. The molecular weight excluding hydrogens is 316 g/mol. The van der Waals surface area contributed by atoms with E-state index in [0.717, 1.165) is 10.2 Å². The Hall–Kier alpha value is -3.00. The lowest BCUT2D eigenvalue weighted by molar-refractivity contribution is -0.384. The Morgan fingerprint density at radius 3 is 2.78 bits per heavy atom. The maximum atomic E-state index is 12.1. The van der Waals surface area contributed by atoms with Gasteiger partial charge in [-0.15, -0.1) is 5.10 Å². The molecule has 3 rings (SSSR count). The van der Waals surface area contributed by atoms with Gasteiger partial charge in [-0.1, -0.05) is 29.5 Å². The summed E-state index contributed by atoms with van der Waals surface area (Å²) < 4.78 is 2.92. The first kappa shape index (κ1) is 14.9. The quantitative estimate of drug-likeness (QED) is 0.591. The van der Waals surface area contributed by atoms with Crippen molar-refractivity contribution in [3.05, 3.63) is 69.0 Å². The summed E-state index contributed by atoms with van der Waals surface area (Å²) in [4.78, 5) is 22.9. The zero-order chi connectivity index (χ0) is 16.4. The van der Waals surface area contributed by atoms with Crippen LogP contribution < -0.4 is 10.2 Å². The van der Waals surface area contributed by atoms with Crippen molar-refractivity contribution in [1.82, 2.24) is 9.99 Å². The Morgan fingerprint density at radius 1 is 1.26 bits per heavy atom. The largest absolute Gasteiger partial charge is 0.318 e. The summed E-state index contributed by atoms with van der Waals surface area (Å²) >= 11 is 1.44. The molecule has 0 atom stereocenters. The molecule has 0 aliphatic heterocycles. The van der Waals surface area contributed by atoms with Crippen LogP contribution >= 0.6 is 11.3 Å². The summed E-state index contributed by atoms with van der Waals surface area (Å²) in [6.07, 6.45) is 0. The van der Waals surface area contributed by atoms with E-state index in [2.05, 4.69) is 10.5 Å². The molecule has 7 nitrogen and oxygen atoms in total. The minimum absolute atomic E-state index is 0.134. The van der Waals surface area contributed by atoms with E-state index in [4.69, 9.17) is 0 Å². The van der Waals surface area contributed by atoms with E-state index in [1.807, 2.05) is 35.9 Å². The predicted octanol–water partition coefficient (Wildman–Crippen LogP) is 2.39. The van der Waals surface area contributed by atoms with E-state index in [-0.39, 0.29) is 11.3 Å². The van der Waals surface area contributed by atoms with Gasteiger partial charge in [0, 0.05) is 24.7 Å². The Labute approximate surface area is 134 Å². The van der Waals surface area contributed by atoms with Crippen molar-refractivity contribution in [2.45, 2.75) is 0 Å². The molecule has 0 aliphatic carbocycles. The van der Waals surface area contributed by atoms with Gasteiger partial charge in [0.25, 0.3) is 11.6 Å². The van der Waals surface area contributed by atoms with E-state index in [9.17, 15) is 14.9 Å². The molecule has 0 saturated carbocycles. The first-order valence-electron chi connectivity index (χ1n) is 6.69. The summed E-state index contributed by atoms with van der Waals surface area (Å²) in [5, 5.41) is 14.9. The van der Waals surface area contributed by atoms with Crippen molar-refractivity contribution >= 4 is 33.1 Å². The van der Waals surface area contributed by atoms with Crippen molar-refractivity contribution in [2.75, 3.05) is 0 Å². The third-order valence-electron chi connectivity index (χ3n) is 3.29. The fourth-order valence-electron chi connectivity index (χ4n) is 2.11. The highest BCUT2D eigenvalue weighted by atomic mass is 32.1. The van der Waals surface area contributed by atoms with Crippen molar-refractivity contribution < 1.29 is 9.72 Å². The minimum Gasteiger partial charge on any atom is -0.318 e. The van der Waals surface area contributed by atoms with Crippen LogP contribution in [0.2, 0.25) is 0 Å². The number of aromatic nitrogens is 1. The second kappa shape index (κ2) is 6.01. The third-order valence-corrected chi connectivity index (χ3v) is 4.40.